The quantitative estimate of drug-likeness (QED) is 0.660. The van der Waals surface area contributed by atoms with Gasteiger partial charge in [-0.3, -0.25) is 19.5 Å². The summed E-state index contributed by atoms with van der Waals surface area (Å²) in [4.78, 5) is 36.6. The van der Waals surface area contributed by atoms with Crippen LogP contribution in [0.4, 0.5) is 0 Å². The van der Waals surface area contributed by atoms with Crippen molar-refractivity contribution >= 4 is 11.8 Å². The first-order chi connectivity index (χ1) is 14.6. The molecule has 1 atom stereocenters. The fourth-order valence-corrected chi connectivity index (χ4v) is 3.48. The first-order valence-electron chi connectivity index (χ1n) is 9.71. The monoisotopic (exact) mass is 413 g/mol. The lowest BCUT2D eigenvalue weighted by molar-refractivity contribution is -0.136. The van der Waals surface area contributed by atoms with Crippen LogP contribution >= 0.6 is 0 Å². The van der Waals surface area contributed by atoms with E-state index in [2.05, 4.69) is 20.2 Å². The van der Waals surface area contributed by atoms with Crippen molar-refractivity contribution in [3.05, 3.63) is 48.0 Å². The molecule has 2 N–H and O–H groups in total. The number of nitrogens with one attached hydrogen (secondary N) is 1. The van der Waals surface area contributed by atoms with Crippen LogP contribution in [0.2, 0.25) is 0 Å². The summed E-state index contributed by atoms with van der Waals surface area (Å²) in [6.07, 6.45) is 4.15. The second-order valence-electron chi connectivity index (χ2n) is 7.09. The maximum atomic E-state index is 12.8. The maximum absolute atomic E-state index is 12.8. The minimum atomic E-state index is -1.01. The fourth-order valence-electron chi connectivity index (χ4n) is 3.48. The van der Waals surface area contributed by atoms with Gasteiger partial charge in [0.1, 0.15) is 11.7 Å². The molecule has 1 aromatic heterocycles. The van der Waals surface area contributed by atoms with E-state index in [0.717, 1.165) is 23.6 Å². The summed E-state index contributed by atoms with van der Waals surface area (Å²) in [7, 11) is 0. The van der Waals surface area contributed by atoms with E-state index in [0.29, 0.717) is 26.2 Å². The molecule has 3 heterocycles. The van der Waals surface area contributed by atoms with Crippen LogP contribution in [0.15, 0.2) is 36.8 Å². The molecule has 1 saturated heterocycles. The molecule has 1 unspecified atom stereocenters. The van der Waals surface area contributed by atoms with Crippen molar-refractivity contribution in [1.29, 1.82) is 0 Å². The van der Waals surface area contributed by atoms with Gasteiger partial charge in [0, 0.05) is 45.1 Å². The van der Waals surface area contributed by atoms with Gasteiger partial charge in [-0.2, -0.15) is 0 Å². The Balaban J connectivity index is 1.29. The molecule has 0 saturated carbocycles. The standard InChI is InChI=1S/C20H23N5O5/c26-12-16(23-19(27)15-10-21-3-4-22-15)20(28)25-7-5-24(6-8-25)11-14-1-2-17-18(9-14)30-13-29-17/h1-4,9-10,16,26H,5-8,11-13H2,(H,23,27). The van der Waals surface area contributed by atoms with E-state index in [1.165, 1.54) is 18.6 Å². The second kappa shape index (κ2) is 9.06. The Kier molecular flexibility index (Phi) is 6.05. The smallest absolute Gasteiger partial charge is 0.272 e. The minimum absolute atomic E-state index is 0.0947. The number of benzene rings is 1. The van der Waals surface area contributed by atoms with Gasteiger partial charge in [-0.25, -0.2) is 4.98 Å². The van der Waals surface area contributed by atoms with Gasteiger partial charge in [0.15, 0.2) is 11.5 Å². The van der Waals surface area contributed by atoms with Gasteiger partial charge >= 0.3 is 0 Å². The minimum Gasteiger partial charge on any atom is -0.454 e. The first kappa shape index (κ1) is 20.0. The highest BCUT2D eigenvalue weighted by molar-refractivity contribution is 5.95. The lowest BCUT2D eigenvalue weighted by Crippen LogP contribution is -2.55. The predicted molar refractivity (Wildman–Crippen MR) is 105 cm³/mol. The Bertz CT molecular complexity index is 902. The number of hydrogen-bond acceptors (Lipinski definition) is 8. The summed E-state index contributed by atoms with van der Waals surface area (Å²) in [6.45, 7) is 2.92. The molecule has 0 spiro atoms. The molecule has 4 rings (SSSR count). The third-order valence-electron chi connectivity index (χ3n) is 5.11. The molecule has 0 radical (unpaired) electrons. The topological polar surface area (TPSA) is 117 Å². The van der Waals surface area contributed by atoms with Crippen LogP contribution in [0.3, 0.4) is 0 Å². The van der Waals surface area contributed by atoms with Gasteiger partial charge in [0.05, 0.1) is 12.8 Å². The Labute approximate surface area is 173 Å². The highest BCUT2D eigenvalue weighted by Gasteiger charge is 2.29. The highest BCUT2D eigenvalue weighted by atomic mass is 16.7. The van der Waals surface area contributed by atoms with Crippen molar-refractivity contribution in [1.82, 2.24) is 25.1 Å². The van der Waals surface area contributed by atoms with Crippen LogP contribution in [0.5, 0.6) is 11.5 Å². The maximum Gasteiger partial charge on any atom is 0.272 e. The molecule has 10 nitrogen and oxygen atoms in total. The Morgan fingerprint density at radius 3 is 2.67 bits per heavy atom. The average Bonchev–Trinajstić information content (AvgIpc) is 3.26. The number of hydrogen-bond donors (Lipinski definition) is 2. The van der Waals surface area contributed by atoms with Crippen molar-refractivity contribution in [2.75, 3.05) is 39.6 Å². The van der Waals surface area contributed by atoms with E-state index in [1.54, 1.807) is 4.90 Å². The molecule has 30 heavy (non-hydrogen) atoms. The number of aliphatic hydroxyl groups is 1. The van der Waals surface area contributed by atoms with Crippen molar-refractivity contribution < 1.29 is 24.2 Å². The van der Waals surface area contributed by atoms with E-state index in [-0.39, 0.29) is 18.4 Å². The Morgan fingerprint density at radius 2 is 1.93 bits per heavy atom. The molecule has 1 fully saturated rings. The van der Waals surface area contributed by atoms with Gasteiger partial charge in [0.2, 0.25) is 12.7 Å². The molecule has 0 bridgehead atoms. The van der Waals surface area contributed by atoms with Gasteiger partial charge in [-0.15, -0.1) is 0 Å². The predicted octanol–water partition coefficient (Wildman–Crippen LogP) is -0.360. The molecule has 2 aliphatic heterocycles. The molecule has 1 aromatic carbocycles. The molecular weight excluding hydrogens is 390 g/mol. The summed E-state index contributed by atoms with van der Waals surface area (Å²) < 4.78 is 10.8. The molecule has 2 aliphatic rings. The number of fused-ring (bicyclic) bond motifs is 1. The number of amides is 2. The van der Waals surface area contributed by atoms with Crippen molar-refractivity contribution in [3.8, 4) is 11.5 Å². The number of carbonyl (C=O) groups is 2. The number of piperazine rings is 1. The van der Waals surface area contributed by atoms with E-state index >= 15 is 0 Å². The summed E-state index contributed by atoms with van der Waals surface area (Å²) in [5.41, 5.74) is 1.21. The van der Waals surface area contributed by atoms with Gasteiger partial charge in [0.25, 0.3) is 5.91 Å². The average molecular weight is 413 g/mol. The van der Waals surface area contributed by atoms with E-state index in [1.807, 2.05) is 18.2 Å². The highest BCUT2D eigenvalue weighted by Crippen LogP contribution is 2.32. The van der Waals surface area contributed by atoms with E-state index < -0.39 is 18.6 Å². The zero-order valence-corrected chi connectivity index (χ0v) is 16.4. The third-order valence-corrected chi connectivity index (χ3v) is 5.11. The van der Waals surface area contributed by atoms with Crippen molar-refractivity contribution in [3.63, 3.8) is 0 Å². The van der Waals surface area contributed by atoms with E-state index in [4.69, 9.17) is 9.47 Å². The van der Waals surface area contributed by atoms with Gasteiger partial charge < -0.3 is 24.8 Å². The van der Waals surface area contributed by atoms with E-state index in [9.17, 15) is 14.7 Å². The van der Waals surface area contributed by atoms with Crippen LogP contribution < -0.4 is 14.8 Å². The summed E-state index contributed by atoms with van der Waals surface area (Å²) >= 11 is 0. The fraction of sp³-hybridized carbons (Fsp3) is 0.400. The summed E-state index contributed by atoms with van der Waals surface area (Å²) in [5.74, 6) is 0.660. The zero-order chi connectivity index (χ0) is 20.9. The number of carbonyl (C=O) groups excluding carboxylic acids is 2. The largest absolute Gasteiger partial charge is 0.454 e. The Morgan fingerprint density at radius 1 is 1.13 bits per heavy atom. The van der Waals surface area contributed by atoms with Gasteiger partial charge in [-0.05, 0) is 17.7 Å². The lowest BCUT2D eigenvalue weighted by Gasteiger charge is -2.36. The number of aliphatic hydroxyl groups excluding tert-OH is 1. The normalized spacial score (nSPS) is 16.9. The Hall–Kier alpha value is -3.24. The van der Waals surface area contributed by atoms with Crippen LogP contribution in [0.25, 0.3) is 0 Å². The van der Waals surface area contributed by atoms with Crippen LogP contribution in [0.1, 0.15) is 16.1 Å². The second-order valence-corrected chi connectivity index (χ2v) is 7.09. The molecule has 158 valence electrons. The number of rotatable bonds is 6. The molecule has 2 amide bonds. The molecule has 2 aromatic rings. The molecule has 10 heteroatoms. The number of aromatic nitrogens is 2. The molecule has 0 aliphatic carbocycles. The third kappa shape index (κ3) is 4.50. The van der Waals surface area contributed by atoms with Gasteiger partial charge in [-0.1, -0.05) is 6.07 Å². The van der Waals surface area contributed by atoms with Crippen LogP contribution in [-0.4, -0.2) is 82.3 Å². The zero-order valence-electron chi connectivity index (χ0n) is 16.4. The molecular formula is C20H23N5O5. The number of nitrogens with zero attached hydrogens (tertiary/aromatic N) is 4. The lowest BCUT2D eigenvalue weighted by atomic mass is 10.1. The number of ether oxygens (including phenoxy) is 2. The summed E-state index contributed by atoms with van der Waals surface area (Å²) in [6, 6.07) is 4.88. The van der Waals surface area contributed by atoms with Crippen LogP contribution in [0, 0.1) is 0 Å². The van der Waals surface area contributed by atoms with Crippen molar-refractivity contribution in [2.45, 2.75) is 12.6 Å². The van der Waals surface area contributed by atoms with Crippen LogP contribution in [-0.2, 0) is 11.3 Å². The SMILES string of the molecule is O=C(NC(CO)C(=O)N1CCN(Cc2ccc3c(c2)OCO3)CC1)c1cnccn1. The van der Waals surface area contributed by atoms with Crippen molar-refractivity contribution in [2.24, 2.45) is 0 Å². The first-order valence-corrected chi connectivity index (χ1v) is 9.71. The summed E-state index contributed by atoms with van der Waals surface area (Å²) in [5, 5.41) is 12.1.